The van der Waals surface area contributed by atoms with Crippen LogP contribution in [0.2, 0.25) is 0 Å². The highest BCUT2D eigenvalue weighted by Crippen LogP contribution is 2.33. The van der Waals surface area contributed by atoms with Crippen LogP contribution in [0.1, 0.15) is 54.1 Å². The van der Waals surface area contributed by atoms with Gasteiger partial charge in [-0.1, -0.05) is 18.2 Å². The van der Waals surface area contributed by atoms with Gasteiger partial charge in [-0.2, -0.15) is 5.26 Å². The highest BCUT2D eigenvalue weighted by atomic mass is 16.2. The predicted molar refractivity (Wildman–Crippen MR) is 137 cm³/mol. The molecule has 2 aliphatic rings. The Labute approximate surface area is 208 Å². The summed E-state index contributed by atoms with van der Waals surface area (Å²) in [6.07, 6.45) is 3.62. The van der Waals surface area contributed by atoms with E-state index >= 15 is 0 Å². The number of nitrogens with one attached hydrogen (secondary N) is 1. The Balaban J connectivity index is 1.78. The third-order valence-corrected chi connectivity index (χ3v) is 7.19. The third-order valence-electron chi connectivity index (χ3n) is 7.19. The number of aromatic nitrogens is 3. The molecule has 0 radical (unpaired) electrons. The monoisotopic (exact) mass is 489 g/mol. The molecular formula is C26H31N7O3. The number of hydrogen-bond acceptors (Lipinski definition) is 6. The van der Waals surface area contributed by atoms with Crippen LogP contribution < -0.4 is 27.2 Å². The molecule has 1 atom stereocenters. The van der Waals surface area contributed by atoms with Gasteiger partial charge in [-0.15, -0.1) is 0 Å². The van der Waals surface area contributed by atoms with E-state index in [2.05, 4.69) is 16.3 Å². The Morgan fingerprint density at radius 2 is 1.92 bits per heavy atom. The Bertz CT molecular complexity index is 1500. The van der Waals surface area contributed by atoms with Gasteiger partial charge in [0, 0.05) is 38.8 Å². The number of anilines is 1. The molecule has 0 bridgehead atoms. The molecule has 1 aromatic carbocycles. The van der Waals surface area contributed by atoms with Crippen molar-refractivity contribution in [2.24, 2.45) is 12.8 Å². The minimum Gasteiger partial charge on any atom is -0.356 e. The first kappa shape index (κ1) is 23.9. The summed E-state index contributed by atoms with van der Waals surface area (Å²) >= 11 is 0. The Kier molecular flexibility index (Phi) is 6.18. The lowest BCUT2D eigenvalue weighted by Crippen LogP contribution is -2.44. The van der Waals surface area contributed by atoms with E-state index in [-0.39, 0.29) is 24.5 Å². The Morgan fingerprint density at radius 3 is 2.58 bits per heavy atom. The summed E-state index contributed by atoms with van der Waals surface area (Å²) in [5.41, 5.74) is 7.27. The van der Waals surface area contributed by atoms with E-state index in [0.29, 0.717) is 53.2 Å². The number of aryl methyl sites for hydroxylation is 2. The van der Waals surface area contributed by atoms with Crippen LogP contribution in [-0.2, 0) is 20.1 Å². The van der Waals surface area contributed by atoms with E-state index in [1.807, 2.05) is 11.5 Å². The minimum absolute atomic E-state index is 0.0341. The Morgan fingerprint density at radius 1 is 1.17 bits per heavy atom. The van der Waals surface area contributed by atoms with Crippen LogP contribution in [0.4, 0.5) is 5.82 Å². The molecule has 1 saturated carbocycles. The van der Waals surface area contributed by atoms with Crippen LogP contribution in [-0.4, -0.2) is 44.8 Å². The number of nitrogens with two attached hydrogens (primary N) is 1. The first-order chi connectivity index (χ1) is 17.3. The zero-order valence-corrected chi connectivity index (χ0v) is 20.7. The number of benzene rings is 1. The van der Waals surface area contributed by atoms with Crippen LogP contribution >= 0.6 is 0 Å². The van der Waals surface area contributed by atoms with Crippen molar-refractivity contribution in [3.05, 3.63) is 61.8 Å². The van der Waals surface area contributed by atoms with E-state index in [9.17, 15) is 19.6 Å². The number of carbonyl (C=O) groups excluding carboxylic acids is 1. The second-order valence-electron chi connectivity index (χ2n) is 9.74. The highest BCUT2D eigenvalue weighted by Gasteiger charge is 2.34. The molecule has 1 saturated heterocycles. The molecule has 2 fully saturated rings. The number of fused-ring (bicyclic) bond motifs is 1. The lowest BCUT2D eigenvalue weighted by atomic mass is 10.1. The molecule has 1 aliphatic carbocycles. The van der Waals surface area contributed by atoms with E-state index in [1.54, 1.807) is 31.3 Å². The molecule has 3 N–H and O–H groups in total. The van der Waals surface area contributed by atoms with Gasteiger partial charge in [-0.3, -0.25) is 18.7 Å². The average molecular weight is 490 g/mol. The van der Waals surface area contributed by atoms with Crippen molar-refractivity contribution >= 4 is 22.8 Å². The van der Waals surface area contributed by atoms with Crippen LogP contribution in [0.15, 0.2) is 33.9 Å². The summed E-state index contributed by atoms with van der Waals surface area (Å²) in [7, 11) is 1.59. The zero-order chi connectivity index (χ0) is 25.6. The molecular weight excluding hydrogens is 458 g/mol. The fourth-order valence-corrected chi connectivity index (χ4v) is 5.24. The van der Waals surface area contributed by atoms with Gasteiger partial charge >= 0.3 is 5.69 Å². The van der Waals surface area contributed by atoms with Crippen LogP contribution in [0.3, 0.4) is 0 Å². The van der Waals surface area contributed by atoms with E-state index in [0.717, 1.165) is 30.3 Å². The molecule has 0 spiro atoms. The predicted octanol–water partition coefficient (Wildman–Crippen LogP) is 1.26. The summed E-state index contributed by atoms with van der Waals surface area (Å²) < 4.78 is 4.40. The van der Waals surface area contributed by atoms with Crippen molar-refractivity contribution in [3.8, 4) is 6.07 Å². The second-order valence-corrected chi connectivity index (χ2v) is 9.74. The van der Waals surface area contributed by atoms with Gasteiger partial charge in [-0.25, -0.2) is 4.79 Å². The molecule has 2 aromatic heterocycles. The van der Waals surface area contributed by atoms with Gasteiger partial charge in [0.25, 0.3) is 11.5 Å². The quantitative estimate of drug-likeness (QED) is 0.536. The maximum Gasteiger partial charge on any atom is 0.331 e. The number of piperidine rings is 1. The van der Waals surface area contributed by atoms with Gasteiger partial charge < -0.3 is 20.5 Å². The molecule has 3 heterocycles. The van der Waals surface area contributed by atoms with E-state index < -0.39 is 11.2 Å². The standard InChI is InChI=1S/C26H31N7O3/c1-3-32-22-21(20(23(34)29-19-10-11-19)24(32)31-12-6-9-18(28)15-31)30(2)26(36)33(25(22)35)14-17-8-5-4-7-16(17)13-27/h4-5,7-8,18-19H,3,6,9-12,14-15,28H2,1-2H3,(H,29,34)/t18-/m1/s1. The van der Waals surface area contributed by atoms with Gasteiger partial charge in [0.05, 0.1) is 23.7 Å². The fraction of sp³-hybridized carbons (Fsp3) is 0.462. The van der Waals surface area contributed by atoms with Gasteiger partial charge in [0.15, 0.2) is 0 Å². The summed E-state index contributed by atoms with van der Waals surface area (Å²) in [5.74, 6) is 0.369. The van der Waals surface area contributed by atoms with Gasteiger partial charge in [0.2, 0.25) is 0 Å². The topological polar surface area (TPSA) is 131 Å². The first-order valence-corrected chi connectivity index (χ1v) is 12.5. The third kappa shape index (κ3) is 3.99. The zero-order valence-electron chi connectivity index (χ0n) is 20.7. The van der Waals surface area contributed by atoms with Crippen molar-refractivity contribution in [2.45, 2.75) is 57.8 Å². The summed E-state index contributed by atoms with van der Waals surface area (Å²) in [5, 5.41) is 12.6. The van der Waals surface area contributed by atoms with Gasteiger partial charge in [0.1, 0.15) is 16.9 Å². The lowest BCUT2D eigenvalue weighted by molar-refractivity contribution is 0.0952. The first-order valence-electron chi connectivity index (χ1n) is 12.5. The SMILES string of the molecule is CCn1c(N2CCC[C@@H](N)C2)c(C(=O)NC2CC2)c2c1c(=O)n(Cc1ccccc1C#N)c(=O)n2C. The maximum absolute atomic E-state index is 13.9. The highest BCUT2D eigenvalue weighted by molar-refractivity contribution is 6.11. The van der Waals surface area contributed by atoms with E-state index in [4.69, 9.17) is 5.73 Å². The number of rotatable bonds is 6. The number of nitrogens with zero attached hydrogens (tertiary/aromatic N) is 5. The van der Waals surface area contributed by atoms with Crippen LogP contribution in [0.5, 0.6) is 0 Å². The van der Waals surface area contributed by atoms with Crippen molar-refractivity contribution in [2.75, 3.05) is 18.0 Å². The van der Waals surface area contributed by atoms with Crippen molar-refractivity contribution < 1.29 is 4.79 Å². The molecule has 3 aromatic rings. The second kappa shape index (κ2) is 9.32. The molecule has 1 aliphatic heterocycles. The molecule has 0 unspecified atom stereocenters. The average Bonchev–Trinajstić information content (AvgIpc) is 3.62. The van der Waals surface area contributed by atoms with Crippen LogP contribution in [0.25, 0.3) is 11.0 Å². The minimum atomic E-state index is -0.532. The molecule has 36 heavy (non-hydrogen) atoms. The number of hydrogen-bond donors (Lipinski definition) is 2. The summed E-state index contributed by atoms with van der Waals surface area (Å²) in [6, 6.07) is 9.13. The van der Waals surface area contributed by atoms with E-state index in [1.165, 1.54) is 4.57 Å². The number of amides is 1. The summed E-state index contributed by atoms with van der Waals surface area (Å²) in [6.45, 7) is 3.61. The van der Waals surface area contributed by atoms with Crippen molar-refractivity contribution in [1.82, 2.24) is 19.0 Å². The smallest absolute Gasteiger partial charge is 0.331 e. The summed E-state index contributed by atoms with van der Waals surface area (Å²) in [4.78, 5) is 43.1. The molecule has 10 heteroatoms. The van der Waals surface area contributed by atoms with Crippen LogP contribution in [0, 0.1) is 11.3 Å². The largest absolute Gasteiger partial charge is 0.356 e. The molecule has 5 rings (SSSR count). The van der Waals surface area contributed by atoms with Gasteiger partial charge in [-0.05, 0) is 44.2 Å². The van der Waals surface area contributed by atoms with Crippen molar-refractivity contribution in [3.63, 3.8) is 0 Å². The van der Waals surface area contributed by atoms with Crippen molar-refractivity contribution in [1.29, 1.82) is 5.26 Å². The fourth-order valence-electron chi connectivity index (χ4n) is 5.24. The molecule has 1 amide bonds. The maximum atomic E-state index is 13.9. The lowest BCUT2D eigenvalue weighted by Gasteiger charge is -2.33. The normalized spacial score (nSPS) is 17.8. The number of carbonyl (C=O) groups is 1. The molecule has 188 valence electrons. The molecule has 10 nitrogen and oxygen atoms in total. The number of nitriles is 1. The Hall–Kier alpha value is -3.84.